The molecule has 0 bridgehead atoms. The predicted octanol–water partition coefficient (Wildman–Crippen LogP) is 0.527. The van der Waals surface area contributed by atoms with E-state index in [2.05, 4.69) is 17.6 Å². The minimum absolute atomic E-state index is 0.170. The molecule has 1 rings (SSSR count). The average Bonchev–Trinajstić information content (AvgIpc) is 2.27. The zero-order valence-corrected chi connectivity index (χ0v) is 9.71. The minimum atomic E-state index is 0.170. The first-order chi connectivity index (χ1) is 7.22. The fourth-order valence-corrected chi connectivity index (χ4v) is 1.65. The molecule has 1 unspecified atom stereocenters. The molecule has 0 aliphatic carbocycles. The van der Waals surface area contributed by atoms with E-state index in [-0.39, 0.29) is 5.91 Å². The summed E-state index contributed by atoms with van der Waals surface area (Å²) in [5.74, 6) is 0.688. The van der Waals surface area contributed by atoms with E-state index in [0.717, 1.165) is 26.1 Å². The van der Waals surface area contributed by atoms with Crippen LogP contribution < -0.4 is 10.6 Å². The van der Waals surface area contributed by atoms with E-state index in [1.165, 1.54) is 0 Å². The molecule has 1 aliphatic heterocycles. The monoisotopic (exact) mass is 214 g/mol. The Labute approximate surface area is 91.8 Å². The first-order valence-electron chi connectivity index (χ1n) is 5.74. The van der Waals surface area contributed by atoms with Gasteiger partial charge < -0.3 is 15.4 Å². The fraction of sp³-hybridized carbons (Fsp3) is 0.909. The third-order valence-electron chi connectivity index (χ3n) is 2.91. The van der Waals surface area contributed by atoms with Crippen LogP contribution in [0.2, 0.25) is 0 Å². The lowest BCUT2D eigenvalue weighted by Crippen LogP contribution is -2.38. The highest BCUT2D eigenvalue weighted by molar-refractivity contribution is 5.76. The second-order valence-corrected chi connectivity index (χ2v) is 4.25. The molecule has 0 radical (unpaired) electrons. The molecule has 0 saturated carbocycles. The number of carbonyl (C=O) groups excluding carboxylic acids is 1. The van der Waals surface area contributed by atoms with Crippen molar-refractivity contribution in [2.24, 2.45) is 5.92 Å². The standard InChI is InChI=1S/C11H22N2O2/c1-9(12-2)8-13-11(14)7-10-3-5-15-6-4-10/h9-10,12H,3-8H2,1-2H3,(H,13,14). The molecule has 0 aromatic heterocycles. The summed E-state index contributed by atoms with van der Waals surface area (Å²) in [6.45, 7) is 4.38. The number of hydrogen-bond acceptors (Lipinski definition) is 3. The van der Waals surface area contributed by atoms with Gasteiger partial charge in [0.2, 0.25) is 5.91 Å². The summed E-state index contributed by atoms with van der Waals surface area (Å²) in [6, 6.07) is 0.337. The van der Waals surface area contributed by atoms with Crippen molar-refractivity contribution in [3.63, 3.8) is 0 Å². The number of likely N-dealkylation sites (N-methyl/N-ethyl adjacent to an activating group) is 1. The van der Waals surface area contributed by atoms with Crippen molar-refractivity contribution in [3.8, 4) is 0 Å². The lowest BCUT2D eigenvalue weighted by atomic mass is 9.96. The van der Waals surface area contributed by atoms with Crippen LogP contribution in [0.4, 0.5) is 0 Å². The van der Waals surface area contributed by atoms with Crippen molar-refractivity contribution >= 4 is 5.91 Å². The average molecular weight is 214 g/mol. The number of hydrogen-bond donors (Lipinski definition) is 2. The highest BCUT2D eigenvalue weighted by Crippen LogP contribution is 2.17. The first kappa shape index (κ1) is 12.5. The van der Waals surface area contributed by atoms with Crippen molar-refractivity contribution in [3.05, 3.63) is 0 Å². The van der Waals surface area contributed by atoms with Gasteiger partial charge in [-0.3, -0.25) is 4.79 Å². The molecule has 0 aromatic carbocycles. The number of ether oxygens (including phenoxy) is 1. The highest BCUT2D eigenvalue weighted by Gasteiger charge is 2.17. The van der Waals surface area contributed by atoms with Crippen LogP contribution in [0.15, 0.2) is 0 Å². The number of nitrogens with one attached hydrogen (secondary N) is 2. The Morgan fingerprint density at radius 1 is 1.47 bits per heavy atom. The Bertz CT molecular complexity index is 191. The van der Waals surface area contributed by atoms with Gasteiger partial charge in [0.15, 0.2) is 0 Å². The number of carbonyl (C=O) groups is 1. The Kier molecular flexibility index (Phi) is 5.65. The van der Waals surface area contributed by atoms with Gasteiger partial charge in [0.1, 0.15) is 0 Å². The van der Waals surface area contributed by atoms with E-state index >= 15 is 0 Å². The molecule has 1 saturated heterocycles. The summed E-state index contributed by atoms with van der Waals surface area (Å²) in [5, 5.41) is 6.03. The van der Waals surface area contributed by atoms with Crippen LogP contribution in [0.5, 0.6) is 0 Å². The van der Waals surface area contributed by atoms with Gasteiger partial charge in [-0.15, -0.1) is 0 Å². The SMILES string of the molecule is CNC(C)CNC(=O)CC1CCOCC1. The number of amides is 1. The summed E-state index contributed by atoms with van der Waals surface area (Å²) in [6.07, 6.45) is 2.70. The van der Waals surface area contributed by atoms with E-state index < -0.39 is 0 Å². The van der Waals surface area contributed by atoms with E-state index in [1.54, 1.807) is 0 Å². The molecule has 2 N–H and O–H groups in total. The molecule has 0 spiro atoms. The van der Waals surface area contributed by atoms with E-state index in [1.807, 2.05) is 7.05 Å². The molecule has 0 aromatic rings. The smallest absolute Gasteiger partial charge is 0.220 e. The Morgan fingerprint density at radius 2 is 2.13 bits per heavy atom. The summed E-state index contributed by atoms with van der Waals surface area (Å²) < 4.78 is 5.26. The van der Waals surface area contributed by atoms with Crippen LogP contribution in [0.25, 0.3) is 0 Å². The fourth-order valence-electron chi connectivity index (χ4n) is 1.65. The summed E-state index contributed by atoms with van der Waals surface area (Å²) in [4.78, 5) is 11.6. The van der Waals surface area contributed by atoms with Gasteiger partial charge >= 0.3 is 0 Å². The summed E-state index contributed by atoms with van der Waals surface area (Å²) in [5.41, 5.74) is 0. The van der Waals surface area contributed by atoms with Crippen LogP contribution in [0.1, 0.15) is 26.2 Å². The van der Waals surface area contributed by atoms with Crippen molar-refractivity contribution < 1.29 is 9.53 Å². The van der Waals surface area contributed by atoms with Gasteiger partial charge in [0, 0.05) is 32.2 Å². The van der Waals surface area contributed by atoms with Crippen LogP contribution in [0, 0.1) is 5.92 Å². The Morgan fingerprint density at radius 3 is 2.73 bits per heavy atom. The van der Waals surface area contributed by atoms with Crippen molar-refractivity contribution in [2.45, 2.75) is 32.2 Å². The van der Waals surface area contributed by atoms with Crippen molar-refractivity contribution in [1.29, 1.82) is 0 Å². The minimum Gasteiger partial charge on any atom is -0.381 e. The Balaban J connectivity index is 2.11. The predicted molar refractivity (Wildman–Crippen MR) is 59.7 cm³/mol. The maximum atomic E-state index is 11.6. The van der Waals surface area contributed by atoms with Gasteiger partial charge in [0.05, 0.1) is 0 Å². The molecule has 1 amide bonds. The number of rotatable bonds is 5. The van der Waals surface area contributed by atoms with Crippen molar-refractivity contribution in [2.75, 3.05) is 26.8 Å². The molecular weight excluding hydrogens is 192 g/mol. The Hall–Kier alpha value is -0.610. The van der Waals surface area contributed by atoms with Crippen molar-refractivity contribution in [1.82, 2.24) is 10.6 Å². The van der Waals surface area contributed by atoms with Crippen LogP contribution in [0.3, 0.4) is 0 Å². The van der Waals surface area contributed by atoms with Gasteiger partial charge in [-0.1, -0.05) is 0 Å². The summed E-state index contributed by atoms with van der Waals surface area (Å²) >= 11 is 0. The lowest BCUT2D eigenvalue weighted by Gasteiger charge is -2.21. The lowest BCUT2D eigenvalue weighted by molar-refractivity contribution is -0.122. The molecule has 1 fully saturated rings. The topological polar surface area (TPSA) is 50.4 Å². The molecule has 1 atom stereocenters. The first-order valence-corrected chi connectivity index (χ1v) is 5.74. The molecular formula is C11H22N2O2. The molecule has 4 heteroatoms. The van der Waals surface area contributed by atoms with Crippen LogP contribution in [-0.4, -0.2) is 38.8 Å². The molecule has 88 valence electrons. The van der Waals surface area contributed by atoms with Gasteiger partial charge in [-0.05, 0) is 32.7 Å². The van der Waals surface area contributed by atoms with Crippen LogP contribution >= 0.6 is 0 Å². The van der Waals surface area contributed by atoms with Crippen LogP contribution in [-0.2, 0) is 9.53 Å². The zero-order valence-electron chi connectivity index (χ0n) is 9.71. The van der Waals surface area contributed by atoms with E-state index in [0.29, 0.717) is 24.9 Å². The van der Waals surface area contributed by atoms with Gasteiger partial charge in [0.25, 0.3) is 0 Å². The second-order valence-electron chi connectivity index (χ2n) is 4.25. The molecule has 15 heavy (non-hydrogen) atoms. The maximum Gasteiger partial charge on any atom is 0.220 e. The zero-order chi connectivity index (χ0) is 11.1. The third kappa shape index (κ3) is 5.14. The van der Waals surface area contributed by atoms with Gasteiger partial charge in [-0.2, -0.15) is 0 Å². The normalized spacial score (nSPS) is 19.9. The molecule has 1 aliphatic rings. The largest absolute Gasteiger partial charge is 0.381 e. The summed E-state index contributed by atoms with van der Waals surface area (Å²) in [7, 11) is 1.90. The molecule has 4 nitrogen and oxygen atoms in total. The van der Waals surface area contributed by atoms with Gasteiger partial charge in [-0.25, -0.2) is 0 Å². The quantitative estimate of drug-likeness (QED) is 0.702. The highest BCUT2D eigenvalue weighted by atomic mass is 16.5. The second kappa shape index (κ2) is 6.80. The van der Waals surface area contributed by atoms with E-state index in [4.69, 9.17) is 4.74 Å². The maximum absolute atomic E-state index is 11.6. The third-order valence-corrected chi connectivity index (χ3v) is 2.91. The molecule has 1 heterocycles. The van der Waals surface area contributed by atoms with E-state index in [9.17, 15) is 4.79 Å².